The molecular weight excluding hydrogens is 308 g/mol. The number of nitrogen functional groups attached to an aromatic ring is 1. The Morgan fingerprint density at radius 3 is 2.64 bits per heavy atom. The SMILES string of the molecule is N#Cc1c(C2CCCCC2)nn(Cc2cccc3ccccc23)c1N. The minimum absolute atomic E-state index is 0.375. The molecule has 1 fully saturated rings. The Morgan fingerprint density at radius 2 is 1.84 bits per heavy atom. The molecule has 0 aliphatic heterocycles. The maximum Gasteiger partial charge on any atom is 0.140 e. The van der Waals surface area contributed by atoms with Gasteiger partial charge in [-0.15, -0.1) is 0 Å². The van der Waals surface area contributed by atoms with E-state index in [-0.39, 0.29) is 0 Å². The number of aromatic nitrogens is 2. The van der Waals surface area contributed by atoms with Gasteiger partial charge in [0.05, 0.1) is 12.2 Å². The van der Waals surface area contributed by atoms with Crippen molar-refractivity contribution in [1.29, 1.82) is 5.26 Å². The number of hydrogen-bond donors (Lipinski definition) is 1. The lowest BCUT2D eigenvalue weighted by Crippen LogP contribution is -2.08. The van der Waals surface area contributed by atoms with E-state index in [1.807, 2.05) is 16.8 Å². The van der Waals surface area contributed by atoms with Gasteiger partial charge in [-0.05, 0) is 29.2 Å². The summed E-state index contributed by atoms with van der Waals surface area (Å²) in [5.41, 5.74) is 8.94. The quantitative estimate of drug-likeness (QED) is 0.764. The molecule has 126 valence electrons. The molecule has 1 aliphatic carbocycles. The zero-order chi connectivity index (χ0) is 17.2. The van der Waals surface area contributed by atoms with Crippen LogP contribution in [0.25, 0.3) is 10.8 Å². The lowest BCUT2D eigenvalue weighted by Gasteiger charge is -2.19. The number of rotatable bonds is 3. The van der Waals surface area contributed by atoms with Crippen molar-refractivity contribution in [3.8, 4) is 6.07 Å². The Hall–Kier alpha value is -2.80. The molecule has 0 radical (unpaired) electrons. The van der Waals surface area contributed by atoms with Crippen molar-refractivity contribution in [2.24, 2.45) is 0 Å². The molecule has 1 aromatic heterocycles. The molecular formula is C21H22N4. The number of benzene rings is 2. The van der Waals surface area contributed by atoms with E-state index < -0.39 is 0 Å². The highest BCUT2D eigenvalue weighted by molar-refractivity contribution is 5.85. The van der Waals surface area contributed by atoms with Crippen molar-refractivity contribution in [3.63, 3.8) is 0 Å². The highest BCUT2D eigenvalue weighted by atomic mass is 15.3. The fourth-order valence-electron chi connectivity index (χ4n) is 3.98. The predicted molar refractivity (Wildman–Crippen MR) is 100 cm³/mol. The van der Waals surface area contributed by atoms with E-state index in [9.17, 15) is 5.26 Å². The molecule has 4 nitrogen and oxygen atoms in total. The van der Waals surface area contributed by atoms with Crippen LogP contribution in [0.3, 0.4) is 0 Å². The molecule has 1 heterocycles. The van der Waals surface area contributed by atoms with Crippen molar-refractivity contribution in [2.75, 3.05) is 5.73 Å². The summed E-state index contributed by atoms with van der Waals surface area (Å²) in [4.78, 5) is 0. The first-order valence-electron chi connectivity index (χ1n) is 9.01. The van der Waals surface area contributed by atoms with Gasteiger partial charge in [-0.25, -0.2) is 4.68 Å². The first kappa shape index (κ1) is 15.7. The predicted octanol–water partition coefficient (Wildman–Crippen LogP) is 4.59. The number of nitrogens with zero attached hydrogens (tertiary/aromatic N) is 3. The molecule has 4 heteroatoms. The number of nitriles is 1. The van der Waals surface area contributed by atoms with Gasteiger partial charge in [0.15, 0.2) is 0 Å². The molecule has 0 spiro atoms. The molecule has 0 unspecified atom stereocenters. The van der Waals surface area contributed by atoms with Crippen LogP contribution in [0, 0.1) is 11.3 Å². The first-order valence-corrected chi connectivity index (χ1v) is 9.01. The number of nitrogens with two attached hydrogens (primary N) is 1. The van der Waals surface area contributed by atoms with Gasteiger partial charge in [0.1, 0.15) is 17.5 Å². The fraction of sp³-hybridized carbons (Fsp3) is 0.333. The van der Waals surface area contributed by atoms with Gasteiger partial charge >= 0.3 is 0 Å². The van der Waals surface area contributed by atoms with Crippen LogP contribution in [-0.4, -0.2) is 9.78 Å². The van der Waals surface area contributed by atoms with E-state index in [4.69, 9.17) is 10.8 Å². The molecule has 4 rings (SSSR count). The summed E-state index contributed by atoms with van der Waals surface area (Å²) in [5.74, 6) is 0.871. The van der Waals surface area contributed by atoms with Gasteiger partial charge in [0.25, 0.3) is 0 Å². The van der Waals surface area contributed by atoms with Crippen LogP contribution in [0.4, 0.5) is 5.82 Å². The van der Waals surface area contributed by atoms with Gasteiger partial charge < -0.3 is 5.73 Å². The molecule has 25 heavy (non-hydrogen) atoms. The summed E-state index contributed by atoms with van der Waals surface area (Å²) < 4.78 is 1.81. The summed E-state index contributed by atoms with van der Waals surface area (Å²) in [5, 5.41) is 16.8. The lowest BCUT2D eigenvalue weighted by molar-refractivity contribution is 0.432. The summed E-state index contributed by atoms with van der Waals surface area (Å²) in [7, 11) is 0. The first-order chi connectivity index (χ1) is 12.3. The van der Waals surface area contributed by atoms with Crippen molar-refractivity contribution < 1.29 is 0 Å². The minimum atomic E-state index is 0.375. The zero-order valence-corrected chi connectivity index (χ0v) is 14.3. The van der Waals surface area contributed by atoms with Crippen LogP contribution in [0.1, 0.15) is 54.8 Å². The molecule has 0 bridgehead atoms. The normalized spacial score (nSPS) is 15.3. The molecule has 1 aliphatic rings. The summed E-state index contributed by atoms with van der Waals surface area (Å²) in [6, 6.07) is 16.9. The number of anilines is 1. The van der Waals surface area contributed by atoms with Gasteiger partial charge in [-0.1, -0.05) is 61.7 Å². The van der Waals surface area contributed by atoms with E-state index in [0.29, 0.717) is 23.8 Å². The smallest absolute Gasteiger partial charge is 0.140 e. The summed E-state index contributed by atoms with van der Waals surface area (Å²) in [6.07, 6.45) is 5.93. The van der Waals surface area contributed by atoms with Crippen molar-refractivity contribution in [1.82, 2.24) is 9.78 Å². The summed E-state index contributed by atoms with van der Waals surface area (Å²) >= 11 is 0. The van der Waals surface area contributed by atoms with E-state index in [1.165, 1.54) is 35.6 Å². The van der Waals surface area contributed by atoms with Crippen LogP contribution in [0.5, 0.6) is 0 Å². The van der Waals surface area contributed by atoms with Gasteiger partial charge in [0.2, 0.25) is 0 Å². The second-order valence-corrected chi connectivity index (χ2v) is 6.89. The van der Waals surface area contributed by atoms with Crippen molar-refractivity contribution in [3.05, 3.63) is 59.3 Å². The Kier molecular flexibility index (Phi) is 4.15. The third kappa shape index (κ3) is 2.87. The second kappa shape index (κ2) is 6.60. The Bertz CT molecular complexity index is 937. The van der Waals surface area contributed by atoms with Crippen LogP contribution >= 0.6 is 0 Å². The fourth-order valence-corrected chi connectivity index (χ4v) is 3.98. The largest absolute Gasteiger partial charge is 0.383 e. The molecule has 2 aromatic carbocycles. The highest BCUT2D eigenvalue weighted by Crippen LogP contribution is 2.35. The van der Waals surface area contributed by atoms with Crippen LogP contribution in [0.2, 0.25) is 0 Å². The molecule has 0 atom stereocenters. The zero-order valence-electron chi connectivity index (χ0n) is 14.3. The lowest BCUT2D eigenvalue weighted by atomic mass is 9.85. The van der Waals surface area contributed by atoms with Gasteiger partial charge in [-0.2, -0.15) is 10.4 Å². The van der Waals surface area contributed by atoms with E-state index in [0.717, 1.165) is 18.5 Å². The average molecular weight is 330 g/mol. The van der Waals surface area contributed by atoms with Crippen LogP contribution in [-0.2, 0) is 6.54 Å². The number of hydrogen-bond acceptors (Lipinski definition) is 3. The maximum absolute atomic E-state index is 9.60. The highest BCUT2D eigenvalue weighted by Gasteiger charge is 2.25. The van der Waals surface area contributed by atoms with Crippen molar-refractivity contribution >= 4 is 16.6 Å². The molecule has 0 saturated heterocycles. The molecule has 3 aromatic rings. The second-order valence-electron chi connectivity index (χ2n) is 6.89. The molecule has 0 amide bonds. The Morgan fingerprint density at radius 1 is 1.08 bits per heavy atom. The topological polar surface area (TPSA) is 67.6 Å². The minimum Gasteiger partial charge on any atom is -0.383 e. The van der Waals surface area contributed by atoms with Crippen LogP contribution < -0.4 is 5.73 Å². The van der Waals surface area contributed by atoms with Crippen molar-refractivity contribution in [2.45, 2.75) is 44.6 Å². The summed E-state index contributed by atoms with van der Waals surface area (Å²) in [6.45, 7) is 0.592. The Balaban J connectivity index is 1.73. The van der Waals surface area contributed by atoms with Gasteiger partial charge in [-0.3, -0.25) is 0 Å². The number of fused-ring (bicyclic) bond motifs is 1. The third-order valence-corrected chi connectivity index (χ3v) is 5.32. The standard InChI is InChI=1S/C21H22N4/c22-13-19-20(16-8-2-1-3-9-16)24-25(21(19)23)14-17-11-6-10-15-7-4-5-12-18(15)17/h4-7,10-12,16H,1-3,8-9,14,23H2. The average Bonchev–Trinajstić information content (AvgIpc) is 2.98. The van der Waals surface area contributed by atoms with Gasteiger partial charge in [0, 0.05) is 5.92 Å². The monoisotopic (exact) mass is 330 g/mol. The maximum atomic E-state index is 9.60. The molecule has 1 saturated carbocycles. The van der Waals surface area contributed by atoms with Crippen LogP contribution in [0.15, 0.2) is 42.5 Å². The third-order valence-electron chi connectivity index (χ3n) is 5.32. The van der Waals surface area contributed by atoms with E-state index in [2.05, 4.69) is 36.4 Å². The molecule has 2 N–H and O–H groups in total. The van der Waals surface area contributed by atoms with E-state index >= 15 is 0 Å². The Labute approximate surface area is 147 Å². The van der Waals surface area contributed by atoms with E-state index in [1.54, 1.807) is 0 Å².